The Balaban J connectivity index is 2.11. The first-order chi connectivity index (χ1) is 13.7. The van der Waals surface area contributed by atoms with Crippen LogP contribution in [-0.4, -0.2) is 23.9 Å². The van der Waals surface area contributed by atoms with Crippen LogP contribution in [0, 0.1) is 6.92 Å². The molecule has 0 N–H and O–H groups in total. The summed E-state index contributed by atoms with van der Waals surface area (Å²) in [6.07, 6.45) is 2.85. The van der Waals surface area contributed by atoms with Crippen LogP contribution >= 0.6 is 0 Å². The van der Waals surface area contributed by atoms with E-state index in [1.54, 1.807) is 0 Å². The molecule has 0 saturated heterocycles. The number of aromatic nitrogens is 1. The normalized spacial score (nSPS) is 11.1. The van der Waals surface area contributed by atoms with Crippen molar-refractivity contribution in [2.45, 2.75) is 20.8 Å². The fraction of sp³-hybridized carbons (Fsp3) is 0.208. The van der Waals surface area contributed by atoms with Gasteiger partial charge >= 0.3 is 0 Å². The molecule has 4 rings (SSSR count). The number of nitrogens with zero attached hydrogens (tertiary/aromatic N) is 1. The van der Waals surface area contributed by atoms with Crippen LogP contribution in [0.2, 0.25) is 0 Å². The average Bonchev–Trinajstić information content (AvgIpc) is 3.05. The highest BCUT2D eigenvalue weighted by Crippen LogP contribution is 2.44. The zero-order chi connectivity index (χ0) is 19.7. The molecule has 0 spiro atoms. The van der Waals surface area contributed by atoms with Crippen molar-refractivity contribution in [3.63, 3.8) is 0 Å². The van der Waals surface area contributed by atoms with E-state index in [2.05, 4.69) is 18.2 Å². The van der Waals surface area contributed by atoms with Crippen molar-refractivity contribution < 1.29 is 14.3 Å². The van der Waals surface area contributed by atoms with E-state index < -0.39 is 0 Å². The largest absolute Gasteiger partial charge is 0.493 e. The standard InChI is InChI=1S/C24H23NO3/c1-4-27-22-14-23(28-5-2)24(19-9-7-6-8-18(19)22)20-13-17-12-16(3)10-11-25(17)21(20)15-26/h6-15H,4-5H2,1-3H3. The predicted molar refractivity (Wildman–Crippen MR) is 113 cm³/mol. The number of fused-ring (bicyclic) bond motifs is 2. The predicted octanol–water partition coefficient (Wildman–Crippen LogP) is 5.68. The van der Waals surface area contributed by atoms with Crippen LogP contribution in [-0.2, 0) is 0 Å². The number of aryl methyl sites for hydroxylation is 1. The van der Waals surface area contributed by atoms with Crippen LogP contribution in [0.15, 0.2) is 54.7 Å². The second-order valence-electron chi connectivity index (χ2n) is 6.72. The Hall–Kier alpha value is -3.27. The van der Waals surface area contributed by atoms with Crippen molar-refractivity contribution in [1.29, 1.82) is 0 Å². The molecule has 0 saturated carbocycles. The molecule has 0 atom stereocenters. The minimum atomic E-state index is 0.528. The van der Waals surface area contributed by atoms with Gasteiger partial charge in [0.1, 0.15) is 11.5 Å². The second-order valence-corrected chi connectivity index (χ2v) is 6.72. The number of aldehydes is 1. The van der Waals surface area contributed by atoms with Crippen LogP contribution < -0.4 is 9.47 Å². The number of benzene rings is 2. The SMILES string of the molecule is CCOc1cc(OCC)c2ccccc2c1-c1cc2cc(C)ccn2c1C=O. The number of hydrogen-bond donors (Lipinski definition) is 0. The number of ether oxygens (including phenoxy) is 2. The number of carbonyl (C=O) groups excluding carboxylic acids is 1. The van der Waals surface area contributed by atoms with Crippen molar-refractivity contribution in [3.8, 4) is 22.6 Å². The van der Waals surface area contributed by atoms with Gasteiger partial charge in [-0.05, 0) is 49.9 Å². The molecule has 4 aromatic rings. The van der Waals surface area contributed by atoms with Crippen LogP contribution in [0.4, 0.5) is 0 Å². The lowest BCUT2D eigenvalue weighted by Crippen LogP contribution is -2.00. The highest BCUT2D eigenvalue weighted by molar-refractivity contribution is 6.06. The molecule has 0 bridgehead atoms. The third-order valence-electron chi connectivity index (χ3n) is 4.92. The molecule has 0 aliphatic heterocycles. The Kier molecular flexibility index (Phi) is 4.78. The molecule has 4 nitrogen and oxygen atoms in total. The first kappa shape index (κ1) is 18.1. The maximum absolute atomic E-state index is 12.0. The third-order valence-corrected chi connectivity index (χ3v) is 4.92. The summed E-state index contributed by atoms with van der Waals surface area (Å²) in [7, 11) is 0. The number of hydrogen-bond acceptors (Lipinski definition) is 3. The highest BCUT2D eigenvalue weighted by atomic mass is 16.5. The van der Waals surface area contributed by atoms with Crippen molar-refractivity contribution in [2.75, 3.05) is 13.2 Å². The van der Waals surface area contributed by atoms with E-state index in [1.807, 2.05) is 61.7 Å². The summed E-state index contributed by atoms with van der Waals surface area (Å²) in [6.45, 7) is 7.07. The molecule has 0 radical (unpaired) electrons. The molecule has 0 unspecified atom stereocenters. The lowest BCUT2D eigenvalue weighted by Gasteiger charge is -2.17. The maximum Gasteiger partial charge on any atom is 0.167 e. The Labute approximate surface area is 164 Å². The van der Waals surface area contributed by atoms with E-state index in [0.29, 0.717) is 18.9 Å². The lowest BCUT2D eigenvalue weighted by atomic mass is 9.96. The molecule has 2 aromatic carbocycles. The highest BCUT2D eigenvalue weighted by Gasteiger charge is 2.20. The van der Waals surface area contributed by atoms with E-state index >= 15 is 0 Å². The third kappa shape index (κ3) is 2.91. The minimum absolute atomic E-state index is 0.528. The zero-order valence-electron chi connectivity index (χ0n) is 16.4. The maximum atomic E-state index is 12.0. The molecular weight excluding hydrogens is 350 g/mol. The Morgan fingerprint density at radius 2 is 1.64 bits per heavy atom. The van der Waals surface area contributed by atoms with E-state index in [1.165, 1.54) is 0 Å². The van der Waals surface area contributed by atoms with Gasteiger partial charge in [0.2, 0.25) is 0 Å². The van der Waals surface area contributed by atoms with Crippen molar-refractivity contribution in [3.05, 3.63) is 66.0 Å². The van der Waals surface area contributed by atoms with E-state index in [9.17, 15) is 4.79 Å². The van der Waals surface area contributed by atoms with Crippen LogP contribution in [0.1, 0.15) is 29.9 Å². The van der Waals surface area contributed by atoms with Gasteiger partial charge in [0.05, 0.1) is 18.9 Å². The number of carbonyl (C=O) groups is 1. The molecular formula is C24H23NO3. The Morgan fingerprint density at radius 3 is 2.36 bits per heavy atom. The van der Waals surface area contributed by atoms with Gasteiger partial charge in [0.25, 0.3) is 0 Å². The average molecular weight is 373 g/mol. The minimum Gasteiger partial charge on any atom is -0.493 e. The van der Waals surface area contributed by atoms with Gasteiger partial charge in [-0.25, -0.2) is 0 Å². The van der Waals surface area contributed by atoms with Crippen LogP contribution in [0.25, 0.3) is 27.4 Å². The van der Waals surface area contributed by atoms with Crippen LogP contribution in [0.3, 0.4) is 0 Å². The van der Waals surface area contributed by atoms with Crippen LogP contribution in [0.5, 0.6) is 11.5 Å². The van der Waals surface area contributed by atoms with Gasteiger partial charge < -0.3 is 13.9 Å². The van der Waals surface area contributed by atoms with Gasteiger partial charge in [-0.1, -0.05) is 24.3 Å². The molecule has 4 heteroatoms. The number of pyridine rings is 1. The van der Waals surface area contributed by atoms with E-state index in [4.69, 9.17) is 9.47 Å². The van der Waals surface area contributed by atoms with E-state index in [-0.39, 0.29) is 0 Å². The van der Waals surface area contributed by atoms with E-state index in [0.717, 1.165) is 50.8 Å². The van der Waals surface area contributed by atoms with Gasteiger partial charge in [-0.3, -0.25) is 4.79 Å². The van der Waals surface area contributed by atoms with Gasteiger partial charge in [0, 0.05) is 34.3 Å². The fourth-order valence-corrected chi connectivity index (χ4v) is 3.77. The Bertz CT molecular complexity index is 1170. The Morgan fingerprint density at radius 1 is 0.929 bits per heavy atom. The topological polar surface area (TPSA) is 39.9 Å². The smallest absolute Gasteiger partial charge is 0.167 e. The summed E-state index contributed by atoms with van der Waals surface area (Å²) < 4.78 is 13.8. The lowest BCUT2D eigenvalue weighted by molar-refractivity contribution is 0.111. The first-order valence-corrected chi connectivity index (χ1v) is 9.56. The fourth-order valence-electron chi connectivity index (χ4n) is 3.77. The molecule has 2 heterocycles. The summed E-state index contributed by atoms with van der Waals surface area (Å²) >= 11 is 0. The molecule has 142 valence electrons. The quantitative estimate of drug-likeness (QED) is 0.408. The van der Waals surface area contributed by atoms with Gasteiger partial charge in [-0.2, -0.15) is 0 Å². The molecule has 0 amide bonds. The first-order valence-electron chi connectivity index (χ1n) is 9.56. The van der Waals surface area contributed by atoms with Crippen molar-refractivity contribution >= 4 is 22.6 Å². The molecule has 0 aliphatic carbocycles. The summed E-state index contributed by atoms with van der Waals surface area (Å²) in [4.78, 5) is 12.0. The van der Waals surface area contributed by atoms with Crippen molar-refractivity contribution in [2.24, 2.45) is 0 Å². The second kappa shape index (κ2) is 7.39. The van der Waals surface area contributed by atoms with Gasteiger partial charge in [-0.15, -0.1) is 0 Å². The molecule has 28 heavy (non-hydrogen) atoms. The summed E-state index contributed by atoms with van der Waals surface area (Å²) in [6, 6.07) is 16.2. The van der Waals surface area contributed by atoms with Gasteiger partial charge in [0.15, 0.2) is 6.29 Å². The summed E-state index contributed by atoms with van der Waals surface area (Å²) in [5.74, 6) is 1.51. The monoisotopic (exact) mass is 373 g/mol. The van der Waals surface area contributed by atoms with Crippen molar-refractivity contribution in [1.82, 2.24) is 4.40 Å². The molecule has 2 aromatic heterocycles. The summed E-state index contributed by atoms with van der Waals surface area (Å²) in [5.41, 5.74) is 4.53. The zero-order valence-corrected chi connectivity index (χ0v) is 16.4. The number of rotatable bonds is 6. The molecule has 0 fully saturated rings. The summed E-state index contributed by atoms with van der Waals surface area (Å²) in [5, 5.41) is 2.01. The molecule has 0 aliphatic rings.